The van der Waals surface area contributed by atoms with E-state index in [0.29, 0.717) is 22.4 Å². The molecule has 2 aromatic carbocycles. The normalized spacial score (nSPS) is 12.0. The molecule has 0 aliphatic heterocycles. The third-order valence-electron chi connectivity index (χ3n) is 4.90. The molecule has 9 nitrogen and oxygen atoms in total. The fourth-order valence-corrected chi connectivity index (χ4v) is 3.23. The highest BCUT2D eigenvalue weighted by Crippen LogP contribution is 2.33. The minimum Gasteiger partial charge on any atom is -0.464 e. The predicted molar refractivity (Wildman–Crippen MR) is 124 cm³/mol. The average molecular weight is 504 g/mol. The first-order chi connectivity index (χ1) is 17.2. The van der Waals surface area contributed by atoms with Crippen LogP contribution in [0.2, 0.25) is 0 Å². The van der Waals surface area contributed by atoms with Crippen LogP contribution in [0.3, 0.4) is 0 Å². The molecule has 0 atom stereocenters. The molecule has 1 aromatic heterocycles. The maximum Gasteiger partial charge on any atom is 0.416 e. The lowest BCUT2D eigenvalue weighted by molar-refractivity contribution is -0.137. The first-order valence-corrected chi connectivity index (χ1v) is 10.5. The van der Waals surface area contributed by atoms with Gasteiger partial charge in [-0.1, -0.05) is 40.6 Å². The van der Waals surface area contributed by atoms with E-state index in [0.717, 1.165) is 12.1 Å². The summed E-state index contributed by atoms with van der Waals surface area (Å²) in [6.45, 7) is 1.66. The first-order valence-electron chi connectivity index (χ1n) is 10.5. The number of rotatable bonds is 9. The summed E-state index contributed by atoms with van der Waals surface area (Å²) in [5, 5.41) is 11.9. The SMILES string of the molecule is CO/N=C(/C(=O)OC)c1ccccc1CO/N=C/c1c(C)nn(C)c1Oc1cccc(C(F)(F)F)c1. The molecule has 0 aliphatic carbocycles. The molecule has 12 heteroatoms. The highest BCUT2D eigenvalue weighted by Gasteiger charge is 2.31. The maximum absolute atomic E-state index is 13.0. The van der Waals surface area contributed by atoms with Crippen molar-refractivity contribution >= 4 is 17.9 Å². The van der Waals surface area contributed by atoms with Gasteiger partial charge in [-0.3, -0.25) is 0 Å². The topological polar surface area (TPSA) is 96.5 Å². The molecule has 0 saturated heterocycles. The molecule has 36 heavy (non-hydrogen) atoms. The van der Waals surface area contributed by atoms with Gasteiger partial charge in [-0.05, 0) is 25.1 Å². The smallest absolute Gasteiger partial charge is 0.416 e. The number of hydrogen-bond donors (Lipinski definition) is 0. The van der Waals surface area contributed by atoms with Gasteiger partial charge in [0.25, 0.3) is 0 Å². The van der Waals surface area contributed by atoms with E-state index in [1.165, 1.54) is 37.2 Å². The molecule has 1 heterocycles. The number of hydrogen-bond acceptors (Lipinski definition) is 8. The zero-order valence-electron chi connectivity index (χ0n) is 19.9. The second-order valence-electron chi connectivity index (χ2n) is 7.33. The van der Waals surface area contributed by atoms with Gasteiger partial charge in [0.05, 0.1) is 30.1 Å². The zero-order valence-corrected chi connectivity index (χ0v) is 19.9. The number of benzene rings is 2. The van der Waals surface area contributed by atoms with Crippen LogP contribution in [-0.2, 0) is 39.0 Å². The van der Waals surface area contributed by atoms with Gasteiger partial charge in [-0.25, -0.2) is 9.48 Å². The van der Waals surface area contributed by atoms with Crippen LogP contribution in [0.1, 0.15) is 27.9 Å². The standard InChI is InChI=1S/C24H23F3N4O5/c1-15-20(22(31(2)29-15)36-18-10-7-9-17(12-18)24(25,26)27)13-28-35-14-16-8-5-6-11-19(16)21(30-34-4)23(32)33-3/h5-13H,14H2,1-4H3/b28-13+,30-21+. The van der Waals surface area contributed by atoms with Crippen LogP contribution in [0.4, 0.5) is 13.2 Å². The summed E-state index contributed by atoms with van der Waals surface area (Å²) in [7, 11) is 4.13. The van der Waals surface area contributed by atoms with Gasteiger partial charge in [0.1, 0.15) is 19.5 Å². The van der Waals surface area contributed by atoms with Gasteiger partial charge in [-0.2, -0.15) is 18.3 Å². The number of carbonyl (C=O) groups is 1. The van der Waals surface area contributed by atoms with Crippen molar-refractivity contribution in [1.29, 1.82) is 0 Å². The molecule has 0 spiro atoms. The van der Waals surface area contributed by atoms with Crippen molar-refractivity contribution in [1.82, 2.24) is 9.78 Å². The predicted octanol–water partition coefficient (Wildman–Crippen LogP) is 4.61. The van der Waals surface area contributed by atoms with Gasteiger partial charge in [-0.15, -0.1) is 0 Å². The lowest BCUT2D eigenvalue weighted by atomic mass is 10.0. The monoisotopic (exact) mass is 504 g/mol. The molecular formula is C24H23F3N4O5. The molecule has 3 rings (SSSR count). The Morgan fingerprint density at radius 3 is 2.58 bits per heavy atom. The average Bonchev–Trinajstić information content (AvgIpc) is 3.11. The number of alkyl halides is 3. The number of halogens is 3. The third kappa shape index (κ3) is 6.20. The Hall–Kier alpha value is -4.35. The lowest BCUT2D eigenvalue weighted by Gasteiger charge is -2.11. The van der Waals surface area contributed by atoms with Crippen LogP contribution in [0, 0.1) is 6.92 Å². The highest BCUT2D eigenvalue weighted by molar-refractivity contribution is 6.43. The lowest BCUT2D eigenvalue weighted by Crippen LogP contribution is -2.19. The number of oxime groups is 2. The second kappa shape index (κ2) is 11.4. The largest absolute Gasteiger partial charge is 0.464 e. The fraction of sp³-hybridized carbons (Fsp3) is 0.250. The van der Waals surface area contributed by atoms with E-state index < -0.39 is 17.7 Å². The van der Waals surface area contributed by atoms with E-state index in [4.69, 9.17) is 19.1 Å². The van der Waals surface area contributed by atoms with Crippen LogP contribution in [-0.4, -0.2) is 41.9 Å². The molecule has 190 valence electrons. The number of ether oxygens (including phenoxy) is 2. The quantitative estimate of drug-likeness (QED) is 0.240. The minimum absolute atomic E-state index is 0.00918. The zero-order chi connectivity index (χ0) is 26.3. The van der Waals surface area contributed by atoms with E-state index in [1.54, 1.807) is 38.2 Å². The first kappa shape index (κ1) is 26.3. The van der Waals surface area contributed by atoms with E-state index in [9.17, 15) is 18.0 Å². The summed E-state index contributed by atoms with van der Waals surface area (Å²) in [6.07, 6.45) is -3.16. The van der Waals surface area contributed by atoms with Crippen LogP contribution in [0.25, 0.3) is 0 Å². The fourth-order valence-electron chi connectivity index (χ4n) is 3.23. The van der Waals surface area contributed by atoms with Crippen molar-refractivity contribution in [3.63, 3.8) is 0 Å². The van der Waals surface area contributed by atoms with Crippen molar-refractivity contribution in [2.24, 2.45) is 17.4 Å². The van der Waals surface area contributed by atoms with Crippen molar-refractivity contribution in [3.05, 3.63) is 76.5 Å². The molecule has 0 amide bonds. The summed E-state index contributed by atoms with van der Waals surface area (Å²) >= 11 is 0. The van der Waals surface area contributed by atoms with E-state index in [1.807, 2.05) is 0 Å². The van der Waals surface area contributed by atoms with E-state index in [-0.39, 0.29) is 23.9 Å². The van der Waals surface area contributed by atoms with E-state index >= 15 is 0 Å². The van der Waals surface area contributed by atoms with Crippen LogP contribution < -0.4 is 4.74 Å². The minimum atomic E-state index is -4.50. The third-order valence-corrected chi connectivity index (χ3v) is 4.90. The van der Waals surface area contributed by atoms with Gasteiger partial charge in [0.2, 0.25) is 5.88 Å². The van der Waals surface area contributed by atoms with Crippen molar-refractivity contribution < 1.29 is 37.1 Å². The van der Waals surface area contributed by atoms with Gasteiger partial charge >= 0.3 is 12.1 Å². The maximum atomic E-state index is 13.0. The Bertz CT molecular complexity index is 1280. The molecule has 0 unspecified atom stereocenters. The summed E-state index contributed by atoms with van der Waals surface area (Å²) in [5.74, 6) is -0.514. The van der Waals surface area contributed by atoms with Gasteiger partial charge in [0, 0.05) is 18.2 Å². The Balaban J connectivity index is 1.79. The Kier molecular flexibility index (Phi) is 8.30. The van der Waals surface area contributed by atoms with Crippen LogP contribution >= 0.6 is 0 Å². The van der Waals surface area contributed by atoms with Crippen molar-refractivity contribution in [2.75, 3.05) is 14.2 Å². The Morgan fingerprint density at radius 1 is 1.14 bits per heavy atom. The summed E-state index contributed by atoms with van der Waals surface area (Å²) in [4.78, 5) is 22.3. The number of aryl methyl sites for hydroxylation is 2. The second-order valence-corrected chi connectivity index (χ2v) is 7.33. The molecule has 0 aliphatic rings. The summed E-state index contributed by atoms with van der Waals surface area (Å²) < 4.78 is 51.0. The van der Waals surface area contributed by atoms with Crippen molar-refractivity contribution in [2.45, 2.75) is 19.7 Å². The molecule has 0 fully saturated rings. The molecule has 0 N–H and O–H groups in total. The van der Waals surface area contributed by atoms with Crippen molar-refractivity contribution in [3.8, 4) is 11.6 Å². The number of aromatic nitrogens is 2. The molecular weight excluding hydrogens is 481 g/mol. The van der Waals surface area contributed by atoms with E-state index in [2.05, 4.69) is 15.4 Å². The molecule has 0 radical (unpaired) electrons. The van der Waals surface area contributed by atoms with Gasteiger partial charge < -0.3 is 19.1 Å². The number of esters is 1. The molecule has 0 saturated carbocycles. The summed E-state index contributed by atoms with van der Waals surface area (Å²) in [6, 6.07) is 11.4. The molecule has 3 aromatic rings. The summed E-state index contributed by atoms with van der Waals surface area (Å²) in [5.41, 5.74) is 1.08. The Morgan fingerprint density at radius 2 is 1.89 bits per heavy atom. The molecule has 0 bridgehead atoms. The van der Waals surface area contributed by atoms with Crippen LogP contribution in [0.15, 0.2) is 58.8 Å². The number of nitrogens with zero attached hydrogens (tertiary/aromatic N) is 4. The van der Waals surface area contributed by atoms with Crippen LogP contribution in [0.5, 0.6) is 11.6 Å². The van der Waals surface area contributed by atoms with Gasteiger partial charge in [0.15, 0.2) is 5.71 Å². The number of carbonyl (C=O) groups excluding carboxylic acids is 1. The number of methoxy groups -OCH3 is 1. The Labute approximate surface area is 204 Å². The highest BCUT2D eigenvalue weighted by atomic mass is 19.4.